The van der Waals surface area contributed by atoms with E-state index in [4.69, 9.17) is 5.26 Å². The van der Waals surface area contributed by atoms with Crippen LogP contribution in [0.25, 0.3) is 0 Å². The summed E-state index contributed by atoms with van der Waals surface area (Å²) >= 11 is 0. The van der Waals surface area contributed by atoms with E-state index in [1.54, 1.807) is 0 Å². The first-order valence-corrected chi connectivity index (χ1v) is 9.31. The maximum Gasteiger partial charge on any atom is 0.418 e. The topological polar surface area (TPSA) is 90.3 Å². The van der Waals surface area contributed by atoms with Crippen LogP contribution in [-0.4, -0.2) is 27.1 Å². The summed E-state index contributed by atoms with van der Waals surface area (Å²) in [6.45, 7) is -0.725. The van der Waals surface area contributed by atoms with Gasteiger partial charge in [-0.1, -0.05) is 12.1 Å². The number of nitriles is 1. The van der Waals surface area contributed by atoms with E-state index in [2.05, 4.69) is 5.32 Å². The highest BCUT2D eigenvalue weighted by atomic mass is 32.2. The van der Waals surface area contributed by atoms with Gasteiger partial charge in [-0.3, -0.25) is 9.10 Å². The van der Waals surface area contributed by atoms with Gasteiger partial charge in [0.15, 0.2) is 0 Å². The zero-order chi connectivity index (χ0) is 20.2. The summed E-state index contributed by atoms with van der Waals surface area (Å²) in [4.78, 5) is 12.2. The van der Waals surface area contributed by atoms with Crippen LogP contribution in [-0.2, 0) is 21.0 Å². The Morgan fingerprint density at radius 3 is 2.26 bits per heavy atom. The second kappa shape index (κ2) is 7.67. The van der Waals surface area contributed by atoms with Gasteiger partial charge in [0.05, 0.1) is 34.8 Å². The largest absolute Gasteiger partial charge is 0.418 e. The fraction of sp³-hybridized carbons (Fsp3) is 0.176. The average Bonchev–Trinajstić information content (AvgIpc) is 2.58. The van der Waals surface area contributed by atoms with E-state index in [1.807, 2.05) is 6.07 Å². The molecule has 0 unspecified atom stereocenters. The van der Waals surface area contributed by atoms with Crippen molar-refractivity contribution in [1.82, 2.24) is 0 Å². The van der Waals surface area contributed by atoms with Gasteiger partial charge in [-0.2, -0.15) is 18.4 Å². The van der Waals surface area contributed by atoms with Crippen LogP contribution in [0.1, 0.15) is 11.1 Å². The Morgan fingerprint density at radius 2 is 1.74 bits per heavy atom. The summed E-state index contributed by atoms with van der Waals surface area (Å²) in [6, 6.07) is 11.6. The summed E-state index contributed by atoms with van der Waals surface area (Å²) in [5.41, 5.74) is -1.11. The number of alkyl halides is 3. The van der Waals surface area contributed by atoms with Gasteiger partial charge in [0.1, 0.15) is 6.54 Å². The molecule has 0 aliphatic rings. The van der Waals surface area contributed by atoms with Crippen LogP contribution in [0.2, 0.25) is 0 Å². The van der Waals surface area contributed by atoms with E-state index >= 15 is 0 Å². The van der Waals surface area contributed by atoms with E-state index in [-0.39, 0.29) is 11.3 Å². The molecule has 0 fully saturated rings. The number of benzene rings is 2. The molecule has 0 atom stereocenters. The number of nitrogens with zero attached hydrogens (tertiary/aromatic N) is 2. The molecule has 0 aromatic heterocycles. The van der Waals surface area contributed by atoms with Crippen molar-refractivity contribution in [3.05, 3.63) is 59.7 Å². The number of para-hydroxylation sites is 1. The Balaban J connectivity index is 2.27. The number of halogens is 3. The predicted octanol–water partition coefficient (Wildman–Crippen LogP) is 2.98. The lowest BCUT2D eigenvalue weighted by molar-refractivity contribution is -0.137. The number of sulfonamides is 1. The molecule has 0 bridgehead atoms. The molecule has 10 heteroatoms. The van der Waals surface area contributed by atoms with Crippen LogP contribution >= 0.6 is 0 Å². The highest BCUT2D eigenvalue weighted by molar-refractivity contribution is 7.92. The fourth-order valence-corrected chi connectivity index (χ4v) is 3.12. The summed E-state index contributed by atoms with van der Waals surface area (Å²) in [7, 11) is -3.90. The number of rotatable bonds is 5. The van der Waals surface area contributed by atoms with Crippen LogP contribution < -0.4 is 9.62 Å². The third kappa shape index (κ3) is 5.21. The minimum Gasteiger partial charge on any atom is -0.324 e. The molecule has 0 heterocycles. The standard InChI is InChI=1S/C17H14F3N3O3S/c1-27(25,26)23(13-8-6-12(10-21)7-9-13)11-16(24)22-15-5-3-2-4-14(15)17(18,19)20/h2-9H,11H2,1H3,(H,22,24). The van der Waals surface area contributed by atoms with Crippen molar-refractivity contribution in [3.8, 4) is 6.07 Å². The quantitative estimate of drug-likeness (QED) is 0.840. The van der Waals surface area contributed by atoms with Crippen LogP contribution in [0.5, 0.6) is 0 Å². The third-order valence-corrected chi connectivity index (χ3v) is 4.62. The van der Waals surface area contributed by atoms with E-state index in [1.165, 1.54) is 36.4 Å². The highest BCUT2D eigenvalue weighted by Gasteiger charge is 2.33. The normalized spacial score (nSPS) is 11.5. The van der Waals surface area contributed by atoms with E-state index in [9.17, 15) is 26.4 Å². The molecule has 0 saturated heterocycles. The predicted molar refractivity (Wildman–Crippen MR) is 93.4 cm³/mol. The zero-order valence-electron chi connectivity index (χ0n) is 14.0. The number of anilines is 2. The molecule has 6 nitrogen and oxygen atoms in total. The maximum absolute atomic E-state index is 13.0. The summed E-state index contributed by atoms with van der Waals surface area (Å²) in [6.07, 6.45) is -3.81. The van der Waals surface area contributed by atoms with Gasteiger partial charge in [-0.15, -0.1) is 0 Å². The molecule has 0 aliphatic heterocycles. The monoisotopic (exact) mass is 397 g/mol. The van der Waals surface area contributed by atoms with Crippen molar-refractivity contribution in [3.63, 3.8) is 0 Å². The van der Waals surface area contributed by atoms with Gasteiger partial charge < -0.3 is 5.32 Å². The average molecular weight is 397 g/mol. The van der Waals surface area contributed by atoms with Crippen molar-refractivity contribution in [1.29, 1.82) is 5.26 Å². The first-order valence-electron chi connectivity index (χ1n) is 7.46. The minimum absolute atomic E-state index is 0.107. The lowest BCUT2D eigenvalue weighted by atomic mass is 10.1. The lowest BCUT2D eigenvalue weighted by Crippen LogP contribution is -2.37. The Kier molecular flexibility index (Phi) is 5.75. The Bertz CT molecular complexity index is 981. The van der Waals surface area contributed by atoms with E-state index in [0.29, 0.717) is 0 Å². The summed E-state index contributed by atoms with van der Waals surface area (Å²) < 4.78 is 63.7. The zero-order valence-corrected chi connectivity index (χ0v) is 14.8. The van der Waals surface area contributed by atoms with Gasteiger partial charge in [0.25, 0.3) is 0 Å². The fourth-order valence-electron chi connectivity index (χ4n) is 2.26. The maximum atomic E-state index is 13.0. The van der Waals surface area contributed by atoms with Crippen molar-refractivity contribution >= 4 is 27.3 Å². The van der Waals surface area contributed by atoms with Crippen LogP contribution in [0.15, 0.2) is 48.5 Å². The van der Waals surface area contributed by atoms with Gasteiger partial charge >= 0.3 is 6.18 Å². The SMILES string of the molecule is CS(=O)(=O)N(CC(=O)Nc1ccccc1C(F)(F)F)c1ccc(C#N)cc1. The molecule has 0 spiro atoms. The smallest absolute Gasteiger partial charge is 0.324 e. The Morgan fingerprint density at radius 1 is 1.15 bits per heavy atom. The molecule has 2 aromatic rings. The second-order valence-corrected chi connectivity index (χ2v) is 7.43. The minimum atomic E-state index is -4.67. The molecule has 0 radical (unpaired) electrons. The molecule has 0 saturated carbocycles. The van der Waals surface area contributed by atoms with Crippen LogP contribution in [0.3, 0.4) is 0 Å². The van der Waals surface area contributed by atoms with Crippen molar-refractivity contribution in [2.75, 3.05) is 22.4 Å². The van der Waals surface area contributed by atoms with Crippen molar-refractivity contribution < 1.29 is 26.4 Å². The Hall–Kier alpha value is -3.06. The number of hydrogen-bond acceptors (Lipinski definition) is 4. The van der Waals surface area contributed by atoms with Crippen LogP contribution in [0, 0.1) is 11.3 Å². The molecule has 1 N–H and O–H groups in total. The number of amides is 1. The molecule has 1 amide bonds. The molecule has 2 rings (SSSR count). The molecular weight excluding hydrogens is 383 g/mol. The first-order chi connectivity index (χ1) is 12.5. The van der Waals surface area contributed by atoms with E-state index < -0.39 is 39.9 Å². The highest BCUT2D eigenvalue weighted by Crippen LogP contribution is 2.34. The Labute approximate surface area is 153 Å². The lowest BCUT2D eigenvalue weighted by Gasteiger charge is -2.22. The van der Waals surface area contributed by atoms with Crippen LogP contribution in [0.4, 0.5) is 24.5 Å². The first kappa shape index (κ1) is 20.3. The van der Waals surface area contributed by atoms with Crippen molar-refractivity contribution in [2.24, 2.45) is 0 Å². The van der Waals surface area contributed by atoms with Gasteiger partial charge in [0.2, 0.25) is 15.9 Å². The number of carbonyl (C=O) groups excluding carboxylic acids is 1. The summed E-state index contributed by atoms with van der Waals surface area (Å²) in [5.74, 6) is -0.943. The van der Waals surface area contributed by atoms with Gasteiger partial charge in [-0.05, 0) is 36.4 Å². The van der Waals surface area contributed by atoms with Crippen molar-refractivity contribution in [2.45, 2.75) is 6.18 Å². The van der Waals surface area contributed by atoms with Gasteiger partial charge in [-0.25, -0.2) is 8.42 Å². The number of hydrogen-bond donors (Lipinski definition) is 1. The third-order valence-electron chi connectivity index (χ3n) is 3.48. The van der Waals surface area contributed by atoms with E-state index in [0.717, 1.165) is 22.7 Å². The molecule has 27 heavy (non-hydrogen) atoms. The molecule has 142 valence electrons. The number of carbonyl (C=O) groups is 1. The molecule has 0 aliphatic carbocycles. The number of nitrogens with one attached hydrogen (secondary N) is 1. The molecule has 2 aromatic carbocycles. The van der Waals surface area contributed by atoms with Gasteiger partial charge in [0, 0.05) is 0 Å². The second-order valence-electron chi connectivity index (χ2n) is 5.52. The molecular formula is C17H14F3N3O3S. The summed E-state index contributed by atoms with van der Waals surface area (Å²) in [5, 5.41) is 10.9.